The Morgan fingerprint density at radius 3 is 1.10 bits per heavy atom. The molecule has 0 atom stereocenters. The van der Waals surface area contributed by atoms with E-state index in [4.69, 9.17) is 23.7 Å². The molecule has 0 spiro atoms. The third-order valence-electron chi connectivity index (χ3n) is 24.0. The maximum atomic E-state index is 6.33. The minimum absolute atomic E-state index is 0. The molecule has 632 valence electrons. The molecule has 1 aliphatic carbocycles. The van der Waals surface area contributed by atoms with E-state index in [1.54, 1.807) is 0 Å². The fourth-order valence-electron chi connectivity index (χ4n) is 17.6. The van der Waals surface area contributed by atoms with E-state index >= 15 is 0 Å². The van der Waals surface area contributed by atoms with Gasteiger partial charge in [0.15, 0.2) is 0 Å². The molecule has 6 aliphatic rings. The second-order valence-electron chi connectivity index (χ2n) is 38.6. The van der Waals surface area contributed by atoms with E-state index < -0.39 is 0 Å². The summed E-state index contributed by atoms with van der Waals surface area (Å²) in [6, 6.07) is 99.4. The van der Waals surface area contributed by atoms with Crippen molar-refractivity contribution in [2.45, 2.75) is 201 Å². The van der Waals surface area contributed by atoms with Crippen molar-refractivity contribution in [1.29, 1.82) is 0 Å². The van der Waals surface area contributed by atoms with Gasteiger partial charge in [-0.05, 0) is 203 Å². The van der Waals surface area contributed by atoms with Crippen molar-refractivity contribution >= 4 is 141 Å². The molecular formula is C114H122B2O5S3. The molecule has 0 unspecified atom stereocenters. The van der Waals surface area contributed by atoms with E-state index in [0.717, 1.165) is 85.8 Å². The Labute approximate surface area is 751 Å². The van der Waals surface area contributed by atoms with Gasteiger partial charge in [0, 0.05) is 82.4 Å². The average molecular weight is 1690 g/mol. The lowest BCUT2D eigenvalue weighted by atomic mass is 9.34. The molecule has 3 aromatic heterocycles. The smallest absolute Gasteiger partial charge is 0.270 e. The van der Waals surface area contributed by atoms with E-state index in [9.17, 15) is 0 Å². The zero-order chi connectivity index (χ0) is 83.0. The number of hydrogen-bond acceptors (Lipinski definition) is 8. The third-order valence-corrected chi connectivity index (χ3v) is 27.5. The van der Waals surface area contributed by atoms with Crippen LogP contribution in [-0.2, 0) is 38.9 Å². The van der Waals surface area contributed by atoms with Crippen LogP contribution in [0.25, 0.3) is 71.6 Å². The van der Waals surface area contributed by atoms with Crippen molar-refractivity contribution in [3.8, 4) is 68.6 Å². The molecule has 0 fully saturated rings. The van der Waals surface area contributed by atoms with E-state index in [-0.39, 0.29) is 83.0 Å². The van der Waals surface area contributed by atoms with Crippen LogP contribution in [0.1, 0.15) is 206 Å². The van der Waals surface area contributed by atoms with Crippen molar-refractivity contribution in [1.82, 2.24) is 0 Å². The van der Waals surface area contributed by atoms with Gasteiger partial charge in [0.1, 0.15) is 57.5 Å². The molecule has 17 aromatic rings. The summed E-state index contributed by atoms with van der Waals surface area (Å²) in [4.78, 5) is 0. The van der Waals surface area contributed by atoms with E-state index in [0.29, 0.717) is 0 Å². The van der Waals surface area contributed by atoms with Crippen LogP contribution in [0, 0.1) is 0 Å². The lowest BCUT2D eigenvalue weighted by molar-refractivity contribution is 0.439. The number of rotatable bonds is 0. The van der Waals surface area contributed by atoms with Gasteiger partial charge in [-0.2, -0.15) is 0 Å². The minimum Gasteiger partial charge on any atom is -0.458 e. The Hall–Kier alpha value is -11.1. The van der Waals surface area contributed by atoms with Crippen molar-refractivity contribution in [3.63, 3.8) is 0 Å². The zero-order valence-corrected chi connectivity index (χ0v) is 74.1. The summed E-state index contributed by atoms with van der Waals surface area (Å²) >= 11 is 5.69. The Morgan fingerprint density at radius 1 is 0.234 bits per heavy atom. The van der Waals surface area contributed by atoms with Crippen LogP contribution < -0.4 is 56.5 Å². The lowest BCUT2D eigenvalue weighted by Gasteiger charge is -2.38. The van der Waals surface area contributed by atoms with Gasteiger partial charge in [0.25, 0.3) is 13.4 Å². The summed E-state index contributed by atoms with van der Waals surface area (Å²) in [7, 11) is 0. The van der Waals surface area contributed by atoms with Crippen molar-refractivity contribution < 1.29 is 23.7 Å². The molecule has 23 rings (SSSR count). The van der Waals surface area contributed by atoms with Crippen LogP contribution in [-0.4, -0.2) is 13.4 Å². The second kappa shape index (κ2) is 34.4. The number of thiophene rings is 3. The zero-order valence-electron chi connectivity index (χ0n) is 71.7. The first-order valence-electron chi connectivity index (χ1n) is 41.9. The topological polar surface area (TPSA) is 46.2 Å². The van der Waals surface area contributed by atoms with Gasteiger partial charge in [-0.3, -0.25) is 0 Å². The van der Waals surface area contributed by atoms with Gasteiger partial charge in [0.05, 0.1) is 0 Å². The summed E-state index contributed by atoms with van der Waals surface area (Å²) < 4.78 is 39.8. The molecule has 124 heavy (non-hydrogen) atoms. The van der Waals surface area contributed by atoms with Crippen molar-refractivity contribution in [2.24, 2.45) is 0 Å². The van der Waals surface area contributed by atoms with Crippen LogP contribution in [0.5, 0.6) is 57.5 Å². The van der Waals surface area contributed by atoms with Crippen LogP contribution in [0.3, 0.4) is 0 Å². The third kappa shape index (κ3) is 17.0. The molecule has 0 saturated heterocycles. The van der Waals surface area contributed by atoms with Gasteiger partial charge >= 0.3 is 0 Å². The van der Waals surface area contributed by atoms with Crippen LogP contribution >= 0.6 is 34.0 Å². The number of hydrogen-bond donors (Lipinski definition) is 0. The summed E-state index contributed by atoms with van der Waals surface area (Å²) in [5.41, 5.74) is 21.8. The monoisotopic (exact) mass is 1690 g/mol. The highest BCUT2D eigenvalue weighted by molar-refractivity contribution is 7.26. The first-order chi connectivity index (χ1) is 56.8. The van der Waals surface area contributed by atoms with E-state index in [2.05, 4.69) is 355 Å². The molecule has 0 amide bonds. The van der Waals surface area contributed by atoms with Gasteiger partial charge in [-0.1, -0.05) is 344 Å². The Morgan fingerprint density at radius 2 is 0.581 bits per heavy atom. The highest BCUT2D eigenvalue weighted by atomic mass is 32.1. The number of para-hydroxylation sites is 2. The normalized spacial score (nSPS) is 12.9. The molecule has 0 N–H and O–H groups in total. The lowest BCUT2D eigenvalue weighted by Crippen LogP contribution is -2.59. The summed E-state index contributed by atoms with van der Waals surface area (Å²) in [5.74, 6) is 8.99. The van der Waals surface area contributed by atoms with Gasteiger partial charge in [0.2, 0.25) is 0 Å². The first kappa shape index (κ1) is 90.6. The van der Waals surface area contributed by atoms with Crippen molar-refractivity contribution in [2.75, 3.05) is 0 Å². The molecule has 0 radical (unpaired) electrons. The molecule has 5 nitrogen and oxygen atoms in total. The number of fused-ring (bicyclic) bond motifs is 16. The summed E-state index contributed by atoms with van der Waals surface area (Å²) in [6.07, 6.45) is 1.09. The van der Waals surface area contributed by atoms with Gasteiger partial charge < -0.3 is 23.7 Å². The summed E-state index contributed by atoms with van der Waals surface area (Å²) in [6.45, 7) is 40.9. The number of ether oxygens (including phenoxy) is 5. The Balaban J connectivity index is 0.000000128. The second-order valence-corrected chi connectivity index (χ2v) is 41.9. The molecule has 8 heterocycles. The van der Waals surface area contributed by atoms with E-state index in [1.807, 2.05) is 82.5 Å². The van der Waals surface area contributed by atoms with Crippen molar-refractivity contribution in [3.05, 3.63) is 324 Å². The minimum atomic E-state index is 0. The molecule has 0 bridgehead atoms. The Bertz CT molecular complexity index is 6680. The predicted octanol–water partition coefficient (Wildman–Crippen LogP) is 31.3. The average Bonchev–Trinajstić information content (AvgIpc) is 0.993. The molecular weight excluding hydrogens is 1570 g/mol. The standard InChI is InChI=1S/C22H17BO3.C22H19BO2.C17H18.3C16H16S.5CH4/c1-22(2,3)12-10-17-21-18(11-12)26-16-9-5-7-14-20(16)23(21)19-13(24-14)6-4-8-15(19)25-17;1-22(2,3)14-12-19-21-20(13-14)25-18-11-7-5-9-16(18)23(21)15-8-4-6-10-17(15)24-19;1-17(2,3)14-8-9-16-13(11-14)10-12-6-4-5-7-15(12)16;1-16(2,3)13-9-6-8-12-11-7-4-5-10-14(11)17-15(12)13;1-16(2,3)12-8-6-10-14-15(12)11-7-4-5-9-13(11)17-14;1-16(2,3)11-8-9-15-13(10-11)12-6-4-5-7-14(12)17-15;;;;;/h4-11H,1-3H3;4-13H,1-3H3;4-9,11H,10H2,1-3H3;3*4-10H,1-3H3;5*1H4. The molecule has 0 saturated carbocycles. The van der Waals surface area contributed by atoms with Crippen LogP contribution in [0.15, 0.2) is 279 Å². The highest BCUT2D eigenvalue weighted by Gasteiger charge is 2.47. The van der Waals surface area contributed by atoms with Crippen LogP contribution in [0.4, 0.5) is 0 Å². The highest BCUT2D eigenvalue weighted by Crippen LogP contribution is 2.48. The quantitative estimate of drug-likeness (QED) is 0.142. The first-order valence-corrected chi connectivity index (χ1v) is 44.4. The van der Waals surface area contributed by atoms with Gasteiger partial charge in [-0.25, -0.2) is 0 Å². The maximum absolute atomic E-state index is 6.33. The van der Waals surface area contributed by atoms with Crippen LogP contribution in [0.2, 0.25) is 0 Å². The van der Waals surface area contributed by atoms with E-state index in [1.165, 1.54) is 127 Å². The SMILES string of the molecule is C.C.C.C.C.CC(C)(C)c1cc2c3c(c1)Oc1cccc4c1B3c1c(cccc1O2)O4.CC(C)(C)c1cc2c3c(c1)Oc1ccccc1B3c1ccccc1O2.CC(C)(C)c1ccc2c(c1)Cc1ccccc1-2.CC(C)(C)c1ccc2sc3ccccc3c2c1.CC(C)(C)c1cccc2c1sc1ccccc12.CC(C)(C)c1cccc2sc3ccccc3c12. The number of benzene rings is 14. The molecule has 10 heteroatoms. The largest absolute Gasteiger partial charge is 0.458 e. The fraction of sp³-hybridized carbons (Fsp3) is 0.263. The maximum Gasteiger partial charge on any atom is 0.270 e. The molecule has 5 aliphatic heterocycles. The fourth-order valence-corrected chi connectivity index (χ4v) is 21.3. The predicted molar refractivity (Wildman–Crippen MR) is 547 cm³/mol. The molecule has 14 aromatic carbocycles. The Kier molecular flexibility index (Phi) is 25.1. The summed E-state index contributed by atoms with van der Waals surface area (Å²) in [5, 5.41) is 8.42. The van der Waals surface area contributed by atoms with Gasteiger partial charge in [-0.15, -0.1) is 34.0 Å².